The Kier molecular flexibility index (Phi) is 6.49. The molecule has 1 aromatic heterocycles. The van der Waals surface area contributed by atoms with E-state index in [0.717, 1.165) is 32.7 Å². The second kappa shape index (κ2) is 9.83. The van der Waals surface area contributed by atoms with Gasteiger partial charge in [0.05, 0.1) is 6.04 Å². The van der Waals surface area contributed by atoms with E-state index in [9.17, 15) is 0 Å². The molecule has 1 fully saturated rings. The Labute approximate surface area is 195 Å². The number of piperazine rings is 1. The van der Waals surface area contributed by atoms with Gasteiger partial charge in [-0.1, -0.05) is 91.0 Å². The average molecular weight is 439 g/mol. The van der Waals surface area contributed by atoms with Crippen molar-refractivity contribution in [1.29, 1.82) is 0 Å². The lowest BCUT2D eigenvalue weighted by Gasteiger charge is -2.39. The normalized spacial score (nSPS) is 15.3. The minimum atomic E-state index is 0.327. The van der Waals surface area contributed by atoms with Crippen LogP contribution >= 0.6 is 11.3 Å². The van der Waals surface area contributed by atoms with Crippen LogP contribution in [-0.4, -0.2) is 36.0 Å². The number of benzene rings is 3. The van der Waals surface area contributed by atoms with Crippen molar-refractivity contribution in [2.75, 3.05) is 26.2 Å². The van der Waals surface area contributed by atoms with E-state index in [4.69, 9.17) is 0 Å². The van der Waals surface area contributed by atoms with Crippen LogP contribution in [0.1, 0.15) is 27.6 Å². The first-order valence-corrected chi connectivity index (χ1v) is 12.3. The van der Waals surface area contributed by atoms with E-state index in [1.54, 1.807) is 0 Å². The molecule has 1 aliphatic rings. The quantitative estimate of drug-likeness (QED) is 0.333. The van der Waals surface area contributed by atoms with E-state index < -0.39 is 0 Å². The van der Waals surface area contributed by atoms with Crippen LogP contribution in [0, 0.1) is 6.92 Å². The highest BCUT2D eigenvalue weighted by molar-refractivity contribution is 7.15. The summed E-state index contributed by atoms with van der Waals surface area (Å²) in [4.78, 5) is 8.15. The first-order chi connectivity index (χ1) is 15.8. The van der Waals surface area contributed by atoms with Gasteiger partial charge in [-0.3, -0.25) is 9.80 Å². The lowest BCUT2D eigenvalue weighted by Crippen LogP contribution is -2.47. The fourth-order valence-electron chi connectivity index (χ4n) is 4.69. The molecule has 2 heterocycles. The first kappa shape index (κ1) is 21.1. The van der Waals surface area contributed by atoms with Gasteiger partial charge < -0.3 is 0 Å². The van der Waals surface area contributed by atoms with E-state index in [1.807, 2.05) is 11.3 Å². The van der Waals surface area contributed by atoms with Crippen molar-refractivity contribution < 1.29 is 0 Å². The summed E-state index contributed by atoms with van der Waals surface area (Å²) in [5.41, 5.74) is 5.51. The summed E-state index contributed by atoms with van der Waals surface area (Å²) in [6, 6.07) is 35.4. The smallest absolute Gasteiger partial charge is 0.0602 e. The Morgan fingerprint density at radius 1 is 0.719 bits per heavy atom. The number of aryl methyl sites for hydroxylation is 1. The van der Waals surface area contributed by atoms with E-state index in [-0.39, 0.29) is 0 Å². The van der Waals surface area contributed by atoms with Crippen molar-refractivity contribution in [3.05, 3.63) is 119 Å². The number of hydrogen-bond donors (Lipinski definition) is 0. The third-order valence-electron chi connectivity index (χ3n) is 6.45. The minimum absolute atomic E-state index is 0.327. The van der Waals surface area contributed by atoms with Crippen molar-refractivity contribution in [3.63, 3.8) is 0 Å². The van der Waals surface area contributed by atoms with Crippen LogP contribution in [-0.2, 0) is 6.54 Å². The second-order valence-electron chi connectivity index (χ2n) is 8.62. The number of thiophene rings is 1. The Balaban J connectivity index is 1.28. The average Bonchev–Trinajstić information content (AvgIpc) is 3.22. The molecule has 32 heavy (non-hydrogen) atoms. The van der Waals surface area contributed by atoms with Crippen molar-refractivity contribution in [1.82, 2.24) is 9.80 Å². The van der Waals surface area contributed by atoms with Crippen molar-refractivity contribution in [2.45, 2.75) is 19.5 Å². The molecule has 5 rings (SSSR count). The predicted molar refractivity (Wildman–Crippen MR) is 136 cm³/mol. The van der Waals surface area contributed by atoms with Gasteiger partial charge in [0, 0.05) is 42.5 Å². The van der Waals surface area contributed by atoms with Crippen LogP contribution in [0.4, 0.5) is 0 Å². The van der Waals surface area contributed by atoms with Gasteiger partial charge in [-0.25, -0.2) is 0 Å². The van der Waals surface area contributed by atoms with Gasteiger partial charge in [-0.05, 0) is 35.2 Å². The van der Waals surface area contributed by atoms with Crippen molar-refractivity contribution in [3.8, 4) is 10.4 Å². The summed E-state index contributed by atoms with van der Waals surface area (Å²) in [7, 11) is 0. The fourth-order valence-corrected chi connectivity index (χ4v) is 5.91. The molecule has 1 aliphatic heterocycles. The van der Waals surface area contributed by atoms with Crippen LogP contribution in [0.5, 0.6) is 0 Å². The fraction of sp³-hybridized carbons (Fsp3) is 0.241. The van der Waals surface area contributed by atoms with Gasteiger partial charge in [-0.2, -0.15) is 0 Å². The highest BCUT2D eigenvalue weighted by atomic mass is 32.1. The minimum Gasteiger partial charge on any atom is -0.296 e. The molecular weight excluding hydrogens is 408 g/mol. The number of rotatable bonds is 6. The molecule has 0 spiro atoms. The topological polar surface area (TPSA) is 6.48 Å². The van der Waals surface area contributed by atoms with E-state index in [2.05, 4.69) is 114 Å². The maximum absolute atomic E-state index is 2.65. The second-order valence-corrected chi connectivity index (χ2v) is 9.76. The van der Waals surface area contributed by atoms with E-state index in [0.29, 0.717) is 6.04 Å². The third-order valence-corrected chi connectivity index (χ3v) is 7.72. The Hall–Kier alpha value is -2.72. The molecule has 0 atom stereocenters. The molecule has 0 radical (unpaired) electrons. The molecule has 4 aromatic rings. The van der Waals surface area contributed by atoms with Gasteiger partial charge in [0.15, 0.2) is 0 Å². The van der Waals surface area contributed by atoms with Crippen LogP contribution in [0.15, 0.2) is 97.1 Å². The summed E-state index contributed by atoms with van der Waals surface area (Å²) in [6.45, 7) is 7.70. The van der Waals surface area contributed by atoms with Crippen molar-refractivity contribution >= 4 is 11.3 Å². The molecule has 3 heteroatoms. The lowest BCUT2D eigenvalue weighted by atomic mass is 9.96. The zero-order valence-electron chi connectivity index (χ0n) is 18.7. The molecule has 1 saturated heterocycles. The summed E-state index contributed by atoms with van der Waals surface area (Å²) in [6.07, 6.45) is 0. The van der Waals surface area contributed by atoms with Crippen LogP contribution in [0.3, 0.4) is 0 Å². The van der Waals surface area contributed by atoms with E-state index >= 15 is 0 Å². The molecular formula is C29H30N2S. The standard InChI is InChI=1S/C29H30N2S/c1-23-21-27(24-11-5-2-6-12-24)32-28(23)22-30-17-19-31(20-18-30)29(25-13-7-3-8-14-25)26-15-9-4-10-16-26/h2-16,21,29H,17-20,22H2,1H3. The first-order valence-electron chi connectivity index (χ1n) is 11.5. The van der Waals surface area contributed by atoms with Crippen LogP contribution in [0.25, 0.3) is 10.4 Å². The van der Waals surface area contributed by atoms with Crippen LogP contribution < -0.4 is 0 Å². The molecule has 0 saturated carbocycles. The molecule has 0 bridgehead atoms. The summed E-state index contributed by atoms with van der Waals surface area (Å²) < 4.78 is 0. The van der Waals surface area contributed by atoms with Gasteiger partial charge in [0.1, 0.15) is 0 Å². The Morgan fingerprint density at radius 2 is 1.25 bits per heavy atom. The molecule has 2 nitrogen and oxygen atoms in total. The monoisotopic (exact) mass is 438 g/mol. The molecule has 162 valence electrons. The summed E-state index contributed by atoms with van der Waals surface area (Å²) in [5, 5.41) is 0. The van der Waals surface area contributed by atoms with Gasteiger partial charge in [-0.15, -0.1) is 11.3 Å². The summed E-state index contributed by atoms with van der Waals surface area (Å²) in [5.74, 6) is 0. The SMILES string of the molecule is Cc1cc(-c2ccccc2)sc1CN1CCN(C(c2ccccc2)c2ccccc2)CC1. The zero-order chi connectivity index (χ0) is 21.8. The Bertz CT molecular complexity index is 1070. The molecule has 0 amide bonds. The molecule has 3 aromatic carbocycles. The largest absolute Gasteiger partial charge is 0.296 e. The van der Waals surface area contributed by atoms with Gasteiger partial charge >= 0.3 is 0 Å². The number of hydrogen-bond acceptors (Lipinski definition) is 3. The van der Waals surface area contributed by atoms with E-state index in [1.165, 1.54) is 32.0 Å². The zero-order valence-corrected chi connectivity index (χ0v) is 19.5. The van der Waals surface area contributed by atoms with Gasteiger partial charge in [0.25, 0.3) is 0 Å². The van der Waals surface area contributed by atoms with Gasteiger partial charge in [0.2, 0.25) is 0 Å². The number of nitrogens with zero attached hydrogens (tertiary/aromatic N) is 2. The molecule has 0 aliphatic carbocycles. The maximum Gasteiger partial charge on any atom is 0.0602 e. The predicted octanol–water partition coefficient (Wildman–Crippen LogP) is 6.63. The Morgan fingerprint density at radius 3 is 1.81 bits per heavy atom. The molecule has 0 unspecified atom stereocenters. The highest BCUT2D eigenvalue weighted by Crippen LogP contribution is 2.33. The van der Waals surface area contributed by atoms with Crippen molar-refractivity contribution in [2.24, 2.45) is 0 Å². The van der Waals surface area contributed by atoms with Crippen LogP contribution in [0.2, 0.25) is 0 Å². The maximum atomic E-state index is 2.65. The summed E-state index contributed by atoms with van der Waals surface area (Å²) >= 11 is 1.95. The lowest BCUT2D eigenvalue weighted by molar-refractivity contribution is 0.105. The highest BCUT2D eigenvalue weighted by Gasteiger charge is 2.26. The molecule has 0 N–H and O–H groups in total. The third kappa shape index (κ3) is 4.71.